The van der Waals surface area contributed by atoms with Crippen LogP contribution in [0.2, 0.25) is 0 Å². The molecule has 148 valence electrons. The molecule has 0 N–H and O–H groups in total. The van der Waals surface area contributed by atoms with E-state index in [0.29, 0.717) is 12.0 Å². The minimum Gasteiger partial charge on any atom is -0.492 e. The number of nitrogens with zero attached hydrogens (tertiary/aromatic N) is 3. The minimum absolute atomic E-state index is 0.0351. The number of rotatable bonds is 5. The molecule has 9 nitrogen and oxygen atoms in total. The van der Waals surface area contributed by atoms with Gasteiger partial charge in [-0.3, -0.25) is 14.9 Å². The van der Waals surface area contributed by atoms with Gasteiger partial charge in [0.2, 0.25) is 5.89 Å². The maximum Gasteiger partial charge on any atom is 0.313 e. The second kappa shape index (κ2) is 7.70. The second-order valence-electron chi connectivity index (χ2n) is 6.65. The van der Waals surface area contributed by atoms with Crippen molar-refractivity contribution in [2.24, 2.45) is 5.92 Å². The third kappa shape index (κ3) is 3.93. The molecule has 0 radical (unpaired) electrons. The zero-order valence-corrected chi connectivity index (χ0v) is 15.5. The number of nitro groups is 1. The van der Waals surface area contributed by atoms with Gasteiger partial charge in [0.15, 0.2) is 6.10 Å². The van der Waals surface area contributed by atoms with Crippen molar-refractivity contribution in [3.8, 4) is 17.2 Å². The first-order valence-corrected chi connectivity index (χ1v) is 9.00. The van der Waals surface area contributed by atoms with Gasteiger partial charge >= 0.3 is 5.97 Å². The van der Waals surface area contributed by atoms with E-state index in [1.54, 1.807) is 6.92 Å². The summed E-state index contributed by atoms with van der Waals surface area (Å²) in [6.07, 6.45) is -0.196. The molecule has 0 saturated heterocycles. The summed E-state index contributed by atoms with van der Waals surface area (Å²) in [6.45, 7) is 1.89. The highest BCUT2D eigenvalue weighted by Gasteiger charge is 2.29. The molecular formula is C20H17N3O6. The highest BCUT2D eigenvalue weighted by Crippen LogP contribution is 2.29. The first-order chi connectivity index (χ1) is 14.0. The average Bonchev–Trinajstić information content (AvgIpc) is 3.24. The number of esters is 1. The lowest BCUT2D eigenvalue weighted by molar-refractivity contribution is -0.384. The van der Waals surface area contributed by atoms with Crippen molar-refractivity contribution >= 4 is 11.7 Å². The van der Waals surface area contributed by atoms with E-state index in [-0.39, 0.29) is 24.1 Å². The summed E-state index contributed by atoms with van der Waals surface area (Å²) in [5, 5.41) is 18.6. The molecule has 0 amide bonds. The largest absolute Gasteiger partial charge is 0.492 e. The third-order valence-corrected chi connectivity index (χ3v) is 4.62. The first kappa shape index (κ1) is 18.6. The molecule has 3 aromatic rings. The lowest BCUT2D eigenvalue weighted by Gasteiger charge is -2.24. The lowest BCUT2D eigenvalue weighted by Crippen LogP contribution is -2.30. The van der Waals surface area contributed by atoms with Crippen molar-refractivity contribution < 1.29 is 23.6 Å². The van der Waals surface area contributed by atoms with Gasteiger partial charge in [-0.1, -0.05) is 18.2 Å². The SMILES string of the molecule is CC(OC(=O)C1COc2ccccc2C1)c1nnc(-c2ccc([N+](=O)[O-])cc2)o1. The van der Waals surface area contributed by atoms with E-state index < -0.39 is 22.9 Å². The van der Waals surface area contributed by atoms with E-state index in [9.17, 15) is 14.9 Å². The maximum atomic E-state index is 12.5. The Kier molecular flexibility index (Phi) is 4.94. The van der Waals surface area contributed by atoms with Crippen molar-refractivity contribution in [2.45, 2.75) is 19.4 Å². The van der Waals surface area contributed by atoms with Crippen LogP contribution in [-0.2, 0) is 16.0 Å². The van der Waals surface area contributed by atoms with Crippen LogP contribution in [0.25, 0.3) is 11.5 Å². The number of aromatic nitrogens is 2. The number of fused-ring (bicyclic) bond motifs is 1. The summed E-state index contributed by atoms with van der Waals surface area (Å²) in [5.74, 6) is 0.303. The Morgan fingerprint density at radius 1 is 1.21 bits per heavy atom. The summed E-state index contributed by atoms with van der Waals surface area (Å²) in [7, 11) is 0. The van der Waals surface area contributed by atoms with Crippen molar-refractivity contribution in [1.82, 2.24) is 10.2 Å². The standard InChI is InChI=1S/C20H17N3O6/c1-12(28-20(24)15-10-14-4-2-3-5-17(14)27-11-15)18-21-22-19(29-18)13-6-8-16(9-7-13)23(25)26/h2-9,12,15H,10-11H2,1H3. The maximum absolute atomic E-state index is 12.5. The fourth-order valence-corrected chi connectivity index (χ4v) is 3.04. The van der Waals surface area contributed by atoms with Crippen LogP contribution in [0.1, 0.15) is 24.5 Å². The molecule has 0 aliphatic carbocycles. The van der Waals surface area contributed by atoms with Crippen LogP contribution in [0.5, 0.6) is 5.75 Å². The van der Waals surface area contributed by atoms with E-state index in [2.05, 4.69) is 10.2 Å². The zero-order chi connectivity index (χ0) is 20.4. The molecule has 9 heteroatoms. The Morgan fingerprint density at radius 2 is 1.97 bits per heavy atom. The van der Waals surface area contributed by atoms with Crippen LogP contribution in [0.3, 0.4) is 0 Å². The number of benzene rings is 2. The topological polar surface area (TPSA) is 118 Å². The molecule has 4 rings (SSSR count). The van der Waals surface area contributed by atoms with E-state index in [1.165, 1.54) is 24.3 Å². The monoisotopic (exact) mass is 395 g/mol. The molecule has 1 aliphatic rings. The number of hydrogen-bond donors (Lipinski definition) is 0. The predicted octanol–water partition coefficient (Wildman–Crippen LogP) is 3.50. The van der Waals surface area contributed by atoms with Gasteiger partial charge in [0.05, 0.1) is 10.8 Å². The van der Waals surface area contributed by atoms with Gasteiger partial charge in [-0.05, 0) is 37.1 Å². The van der Waals surface area contributed by atoms with E-state index in [4.69, 9.17) is 13.9 Å². The summed E-state index contributed by atoms with van der Waals surface area (Å²) in [5.41, 5.74) is 1.46. The first-order valence-electron chi connectivity index (χ1n) is 9.00. The second-order valence-corrected chi connectivity index (χ2v) is 6.65. The number of nitro benzene ring substituents is 1. The normalized spacial score (nSPS) is 16.4. The van der Waals surface area contributed by atoms with Crippen LogP contribution >= 0.6 is 0 Å². The molecule has 2 aromatic carbocycles. The Bertz CT molecular complexity index is 1050. The van der Waals surface area contributed by atoms with Crippen molar-refractivity contribution in [3.05, 3.63) is 70.1 Å². The molecule has 0 spiro atoms. The Morgan fingerprint density at radius 3 is 2.72 bits per heavy atom. The number of non-ortho nitro benzene ring substituents is 1. The number of hydrogen-bond acceptors (Lipinski definition) is 8. The highest BCUT2D eigenvalue weighted by molar-refractivity contribution is 5.74. The van der Waals surface area contributed by atoms with Gasteiger partial charge in [0.1, 0.15) is 12.4 Å². The Balaban J connectivity index is 1.41. The predicted molar refractivity (Wildman–Crippen MR) is 100 cm³/mol. The van der Waals surface area contributed by atoms with Crippen LogP contribution in [0.4, 0.5) is 5.69 Å². The van der Waals surface area contributed by atoms with Gasteiger partial charge in [-0.15, -0.1) is 10.2 Å². The van der Waals surface area contributed by atoms with E-state index in [0.717, 1.165) is 11.3 Å². The molecule has 2 atom stereocenters. The summed E-state index contributed by atoms with van der Waals surface area (Å²) < 4.78 is 16.7. The fraction of sp³-hybridized carbons (Fsp3) is 0.250. The van der Waals surface area contributed by atoms with Gasteiger partial charge in [0, 0.05) is 17.7 Å². The summed E-state index contributed by atoms with van der Waals surface area (Å²) in [6, 6.07) is 13.3. The van der Waals surface area contributed by atoms with Crippen LogP contribution in [-0.4, -0.2) is 27.7 Å². The van der Waals surface area contributed by atoms with Crippen molar-refractivity contribution in [1.29, 1.82) is 0 Å². The third-order valence-electron chi connectivity index (χ3n) is 4.62. The molecule has 2 unspecified atom stereocenters. The van der Waals surface area contributed by atoms with Crippen LogP contribution in [0.15, 0.2) is 52.9 Å². The van der Waals surface area contributed by atoms with E-state index >= 15 is 0 Å². The zero-order valence-electron chi connectivity index (χ0n) is 15.5. The smallest absolute Gasteiger partial charge is 0.313 e. The number of carbonyl (C=O) groups is 1. The Hall–Kier alpha value is -3.75. The molecule has 0 saturated carbocycles. The molecule has 0 fully saturated rings. The number of carbonyl (C=O) groups excluding carboxylic acids is 1. The van der Waals surface area contributed by atoms with Crippen LogP contribution in [0, 0.1) is 16.0 Å². The van der Waals surface area contributed by atoms with Gasteiger partial charge in [-0.2, -0.15) is 0 Å². The van der Waals surface area contributed by atoms with Crippen molar-refractivity contribution in [2.75, 3.05) is 6.61 Å². The average molecular weight is 395 g/mol. The lowest BCUT2D eigenvalue weighted by atomic mass is 9.97. The number of para-hydroxylation sites is 1. The summed E-state index contributed by atoms with van der Waals surface area (Å²) in [4.78, 5) is 22.8. The molecule has 2 heterocycles. The van der Waals surface area contributed by atoms with Crippen LogP contribution < -0.4 is 4.74 Å². The fourth-order valence-electron chi connectivity index (χ4n) is 3.04. The molecule has 1 aromatic heterocycles. The molecular weight excluding hydrogens is 378 g/mol. The molecule has 29 heavy (non-hydrogen) atoms. The molecule has 0 bridgehead atoms. The highest BCUT2D eigenvalue weighted by atomic mass is 16.6. The minimum atomic E-state index is -0.737. The quantitative estimate of drug-likeness (QED) is 0.366. The van der Waals surface area contributed by atoms with E-state index in [1.807, 2.05) is 24.3 Å². The molecule has 1 aliphatic heterocycles. The van der Waals surface area contributed by atoms with Gasteiger partial charge in [0.25, 0.3) is 11.6 Å². The van der Waals surface area contributed by atoms with Crippen molar-refractivity contribution in [3.63, 3.8) is 0 Å². The number of ether oxygens (including phenoxy) is 2. The van der Waals surface area contributed by atoms with Gasteiger partial charge < -0.3 is 13.9 Å². The van der Waals surface area contributed by atoms with Gasteiger partial charge in [-0.25, -0.2) is 0 Å². The summed E-state index contributed by atoms with van der Waals surface area (Å²) >= 11 is 0. The Labute approximate surface area is 165 Å².